The summed E-state index contributed by atoms with van der Waals surface area (Å²) in [6.45, 7) is 1.07. The van der Waals surface area contributed by atoms with E-state index in [0.717, 1.165) is 10.8 Å². The minimum Gasteiger partial charge on any atom is -0.481 e. The van der Waals surface area contributed by atoms with Crippen molar-refractivity contribution in [1.82, 2.24) is 4.98 Å². The number of rotatable bonds is 2. The molecule has 1 aromatic carbocycles. The number of hydrogen-bond donors (Lipinski definition) is 1. The summed E-state index contributed by atoms with van der Waals surface area (Å²) < 4.78 is 13.4. The van der Waals surface area contributed by atoms with Crippen molar-refractivity contribution in [3.8, 4) is 0 Å². The van der Waals surface area contributed by atoms with Crippen molar-refractivity contribution in [2.75, 3.05) is 18.0 Å². The molecule has 1 atom stereocenters. The first-order chi connectivity index (χ1) is 9.15. The Balaban J connectivity index is 2.01. The van der Waals surface area contributed by atoms with Crippen LogP contribution in [0, 0.1) is 11.7 Å². The lowest BCUT2D eigenvalue weighted by Crippen LogP contribution is -2.23. The second-order valence-electron chi connectivity index (χ2n) is 4.77. The molecule has 1 N–H and O–H groups in total. The first-order valence-electron chi connectivity index (χ1n) is 6.17. The SMILES string of the molecule is O=C(O)C1CCN(c2nccc3ccc(F)cc23)C1. The summed E-state index contributed by atoms with van der Waals surface area (Å²) in [5.74, 6) is -0.795. The Bertz CT molecular complexity index is 644. The van der Waals surface area contributed by atoms with E-state index in [2.05, 4.69) is 4.98 Å². The van der Waals surface area contributed by atoms with E-state index in [1.54, 1.807) is 12.3 Å². The van der Waals surface area contributed by atoms with Crippen molar-refractivity contribution in [2.24, 2.45) is 5.92 Å². The van der Waals surface area contributed by atoms with E-state index in [1.165, 1.54) is 12.1 Å². The third-order valence-electron chi connectivity index (χ3n) is 3.54. The van der Waals surface area contributed by atoms with Crippen LogP contribution in [0.4, 0.5) is 10.2 Å². The molecule has 1 aliphatic rings. The number of halogens is 1. The molecule has 2 heterocycles. The number of benzene rings is 1. The number of fused-ring (bicyclic) bond motifs is 1. The van der Waals surface area contributed by atoms with Crippen LogP contribution < -0.4 is 4.90 Å². The van der Waals surface area contributed by atoms with E-state index in [9.17, 15) is 9.18 Å². The lowest BCUT2D eigenvalue weighted by atomic mass is 10.1. The van der Waals surface area contributed by atoms with Crippen LogP contribution in [0.25, 0.3) is 10.8 Å². The fourth-order valence-corrected chi connectivity index (χ4v) is 2.53. The number of carboxylic acid groups (broad SMARTS) is 1. The summed E-state index contributed by atoms with van der Waals surface area (Å²) in [5, 5.41) is 10.7. The Morgan fingerprint density at radius 3 is 3.00 bits per heavy atom. The molecule has 1 unspecified atom stereocenters. The Labute approximate surface area is 109 Å². The molecular weight excluding hydrogens is 247 g/mol. The van der Waals surface area contributed by atoms with Gasteiger partial charge >= 0.3 is 5.97 Å². The van der Waals surface area contributed by atoms with Crippen LogP contribution in [0.5, 0.6) is 0 Å². The molecule has 0 bridgehead atoms. The van der Waals surface area contributed by atoms with E-state index in [0.29, 0.717) is 25.3 Å². The molecule has 19 heavy (non-hydrogen) atoms. The van der Waals surface area contributed by atoms with Gasteiger partial charge in [0, 0.05) is 24.7 Å². The number of aromatic nitrogens is 1. The van der Waals surface area contributed by atoms with Gasteiger partial charge in [-0.05, 0) is 30.0 Å². The predicted molar refractivity (Wildman–Crippen MR) is 69.7 cm³/mol. The van der Waals surface area contributed by atoms with Crippen LogP contribution in [0.1, 0.15) is 6.42 Å². The van der Waals surface area contributed by atoms with E-state index in [-0.39, 0.29) is 11.7 Å². The van der Waals surface area contributed by atoms with Crippen molar-refractivity contribution in [3.63, 3.8) is 0 Å². The Kier molecular flexibility index (Phi) is 2.81. The zero-order valence-corrected chi connectivity index (χ0v) is 10.2. The zero-order valence-electron chi connectivity index (χ0n) is 10.2. The highest BCUT2D eigenvalue weighted by Gasteiger charge is 2.29. The highest BCUT2D eigenvalue weighted by atomic mass is 19.1. The average molecular weight is 260 g/mol. The number of carboxylic acids is 1. The van der Waals surface area contributed by atoms with Gasteiger partial charge in [0.1, 0.15) is 11.6 Å². The molecule has 1 fully saturated rings. The number of anilines is 1. The molecule has 0 saturated carbocycles. The van der Waals surface area contributed by atoms with Crippen LogP contribution >= 0.6 is 0 Å². The lowest BCUT2D eigenvalue weighted by molar-refractivity contribution is -0.140. The van der Waals surface area contributed by atoms with Crippen molar-refractivity contribution < 1.29 is 14.3 Å². The fourth-order valence-electron chi connectivity index (χ4n) is 2.53. The zero-order chi connectivity index (χ0) is 13.4. The van der Waals surface area contributed by atoms with Crippen LogP contribution in [0.2, 0.25) is 0 Å². The maximum atomic E-state index is 13.4. The van der Waals surface area contributed by atoms with Gasteiger partial charge in [0.25, 0.3) is 0 Å². The van der Waals surface area contributed by atoms with Crippen LogP contribution in [0.3, 0.4) is 0 Å². The topological polar surface area (TPSA) is 53.4 Å². The minimum absolute atomic E-state index is 0.310. The van der Waals surface area contributed by atoms with E-state index >= 15 is 0 Å². The second-order valence-corrected chi connectivity index (χ2v) is 4.77. The van der Waals surface area contributed by atoms with Crippen LogP contribution in [0.15, 0.2) is 30.5 Å². The van der Waals surface area contributed by atoms with Crippen molar-refractivity contribution >= 4 is 22.6 Å². The number of pyridine rings is 1. The first kappa shape index (κ1) is 11.9. The van der Waals surface area contributed by atoms with E-state index in [1.807, 2.05) is 11.0 Å². The molecule has 5 heteroatoms. The molecule has 1 saturated heterocycles. The molecule has 0 radical (unpaired) electrons. The van der Waals surface area contributed by atoms with Crippen molar-refractivity contribution in [3.05, 3.63) is 36.3 Å². The predicted octanol–water partition coefficient (Wildman–Crippen LogP) is 2.28. The number of carbonyl (C=O) groups is 1. The summed E-state index contributed by atoms with van der Waals surface area (Å²) in [6.07, 6.45) is 2.27. The highest BCUT2D eigenvalue weighted by molar-refractivity contribution is 5.92. The van der Waals surface area contributed by atoms with Crippen LogP contribution in [-0.2, 0) is 4.79 Å². The number of hydrogen-bond acceptors (Lipinski definition) is 3. The van der Waals surface area contributed by atoms with Gasteiger partial charge in [-0.1, -0.05) is 6.07 Å². The highest BCUT2D eigenvalue weighted by Crippen LogP contribution is 2.29. The molecular formula is C14H13FN2O2. The van der Waals surface area contributed by atoms with Crippen molar-refractivity contribution in [1.29, 1.82) is 0 Å². The van der Waals surface area contributed by atoms with Crippen molar-refractivity contribution in [2.45, 2.75) is 6.42 Å². The summed E-state index contributed by atoms with van der Waals surface area (Å²) in [6, 6.07) is 6.39. The second kappa shape index (κ2) is 4.50. The summed E-state index contributed by atoms with van der Waals surface area (Å²) in [7, 11) is 0. The minimum atomic E-state index is -0.783. The summed E-state index contributed by atoms with van der Waals surface area (Å²) in [5.41, 5.74) is 0. The average Bonchev–Trinajstić information content (AvgIpc) is 2.87. The summed E-state index contributed by atoms with van der Waals surface area (Å²) >= 11 is 0. The summed E-state index contributed by atoms with van der Waals surface area (Å²) in [4.78, 5) is 17.2. The molecule has 3 rings (SSSR count). The van der Waals surface area contributed by atoms with Gasteiger partial charge in [-0.15, -0.1) is 0 Å². The molecule has 1 aromatic heterocycles. The molecule has 0 amide bonds. The number of nitrogens with zero attached hydrogens (tertiary/aromatic N) is 2. The van der Waals surface area contributed by atoms with Gasteiger partial charge < -0.3 is 10.0 Å². The van der Waals surface area contributed by atoms with Gasteiger partial charge in [-0.25, -0.2) is 9.37 Å². The molecule has 1 aliphatic heterocycles. The molecule has 4 nitrogen and oxygen atoms in total. The Morgan fingerprint density at radius 2 is 2.26 bits per heavy atom. The molecule has 0 aliphatic carbocycles. The standard InChI is InChI=1S/C14H13FN2O2/c15-11-2-1-9-3-5-16-13(12(9)7-11)17-6-4-10(8-17)14(18)19/h1-3,5,7,10H,4,6,8H2,(H,18,19). The molecule has 2 aromatic rings. The monoisotopic (exact) mass is 260 g/mol. The lowest BCUT2D eigenvalue weighted by Gasteiger charge is -2.18. The maximum absolute atomic E-state index is 13.4. The molecule has 98 valence electrons. The van der Waals surface area contributed by atoms with Gasteiger partial charge in [-0.2, -0.15) is 0 Å². The quantitative estimate of drug-likeness (QED) is 0.900. The first-order valence-corrected chi connectivity index (χ1v) is 6.17. The molecule has 0 spiro atoms. The normalized spacial score (nSPS) is 19.0. The van der Waals surface area contributed by atoms with Gasteiger partial charge in [0.2, 0.25) is 0 Å². The third-order valence-corrected chi connectivity index (χ3v) is 3.54. The Morgan fingerprint density at radius 1 is 1.42 bits per heavy atom. The Hall–Kier alpha value is -2.17. The largest absolute Gasteiger partial charge is 0.481 e. The van der Waals surface area contributed by atoms with Gasteiger partial charge in [0.05, 0.1) is 5.92 Å². The van der Waals surface area contributed by atoms with Crippen LogP contribution in [-0.4, -0.2) is 29.1 Å². The number of aliphatic carboxylic acids is 1. The maximum Gasteiger partial charge on any atom is 0.308 e. The van der Waals surface area contributed by atoms with E-state index < -0.39 is 5.97 Å². The third kappa shape index (κ3) is 2.12. The smallest absolute Gasteiger partial charge is 0.308 e. The fraction of sp³-hybridized carbons (Fsp3) is 0.286. The van der Waals surface area contributed by atoms with Gasteiger partial charge in [0.15, 0.2) is 0 Å². The van der Waals surface area contributed by atoms with E-state index in [4.69, 9.17) is 5.11 Å². The van der Waals surface area contributed by atoms with Gasteiger partial charge in [-0.3, -0.25) is 4.79 Å².